The number of ether oxygens (including phenoxy) is 2. The second-order valence-corrected chi connectivity index (χ2v) is 6.37. The Morgan fingerprint density at radius 1 is 1.06 bits per heavy atom. The highest BCUT2D eigenvalue weighted by molar-refractivity contribution is 5.86. The van der Waals surface area contributed by atoms with Gasteiger partial charge in [0.05, 0.1) is 41.5 Å². The van der Waals surface area contributed by atoms with E-state index in [2.05, 4.69) is 11.2 Å². The minimum Gasteiger partial charge on any atom is -0.493 e. The lowest BCUT2D eigenvalue weighted by molar-refractivity contribution is -0.385. The summed E-state index contributed by atoms with van der Waals surface area (Å²) in [6.45, 7) is 0.298. The highest BCUT2D eigenvalue weighted by Crippen LogP contribution is 2.34. The van der Waals surface area contributed by atoms with Crippen molar-refractivity contribution in [2.24, 2.45) is 5.16 Å². The zero-order valence-electron chi connectivity index (χ0n) is 16.7. The van der Waals surface area contributed by atoms with E-state index in [9.17, 15) is 10.1 Å². The standard InChI is InChI=1S/C23H19N3O5/c1-29-22-11-20(14-25-31-16-19-10-6-5-9-18(19)13-24)21(26(27)28)12-23(22)30-15-17-7-3-2-4-8-17/h2-12,14H,15-16H2,1H3/b25-14-. The number of benzene rings is 3. The molecule has 3 rings (SSSR count). The first-order valence-electron chi connectivity index (χ1n) is 9.29. The van der Waals surface area contributed by atoms with Crippen molar-refractivity contribution in [3.8, 4) is 17.6 Å². The number of nitriles is 1. The highest BCUT2D eigenvalue weighted by Gasteiger charge is 2.19. The lowest BCUT2D eigenvalue weighted by atomic mass is 10.1. The van der Waals surface area contributed by atoms with E-state index < -0.39 is 4.92 Å². The lowest BCUT2D eigenvalue weighted by Gasteiger charge is -2.12. The van der Waals surface area contributed by atoms with Crippen molar-refractivity contribution < 1.29 is 19.2 Å². The summed E-state index contributed by atoms with van der Waals surface area (Å²) in [6.07, 6.45) is 1.23. The van der Waals surface area contributed by atoms with Crippen molar-refractivity contribution in [3.63, 3.8) is 0 Å². The molecule has 0 aliphatic heterocycles. The normalized spacial score (nSPS) is 10.5. The Kier molecular flexibility index (Phi) is 7.16. The van der Waals surface area contributed by atoms with Crippen LogP contribution in [-0.4, -0.2) is 18.2 Å². The average Bonchev–Trinajstić information content (AvgIpc) is 2.81. The van der Waals surface area contributed by atoms with Crippen LogP contribution in [0.2, 0.25) is 0 Å². The molecule has 0 unspecified atom stereocenters. The molecule has 0 aromatic heterocycles. The predicted octanol–water partition coefficient (Wildman–Crippen LogP) is 4.60. The molecule has 0 radical (unpaired) electrons. The van der Waals surface area contributed by atoms with Crippen LogP contribution in [0.4, 0.5) is 5.69 Å². The average molecular weight is 417 g/mol. The Morgan fingerprint density at radius 3 is 2.52 bits per heavy atom. The van der Waals surface area contributed by atoms with Crippen molar-refractivity contribution in [2.75, 3.05) is 7.11 Å². The topological polar surface area (TPSA) is 107 Å². The highest BCUT2D eigenvalue weighted by atomic mass is 16.6. The SMILES string of the molecule is COc1cc(/C=N\OCc2ccccc2C#N)c([N+](=O)[O-])cc1OCc1ccccc1. The van der Waals surface area contributed by atoms with E-state index >= 15 is 0 Å². The summed E-state index contributed by atoms with van der Waals surface area (Å²) >= 11 is 0. The molecule has 3 aromatic rings. The molecule has 0 aliphatic carbocycles. The van der Waals surface area contributed by atoms with E-state index in [0.717, 1.165) is 5.56 Å². The third kappa shape index (κ3) is 5.58. The second kappa shape index (κ2) is 10.4. The summed E-state index contributed by atoms with van der Waals surface area (Å²) in [5.41, 5.74) is 2.06. The van der Waals surface area contributed by atoms with Crippen LogP contribution in [0.25, 0.3) is 0 Å². The molecule has 156 valence electrons. The van der Waals surface area contributed by atoms with E-state index in [1.54, 1.807) is 24.3 Å². The van der Waals surface area contributed by atoms with Crippen LogP contribution in [0.15, 0.2) is 71.9 Å². The minimum absolute atomic E-state index is 0.0590. The molecule has 0 saturated carbocycles. The van der Waals surface area contributed by atoms with Crippen molar-refractivity contribution in [2.45, 2.75) is 13.2 Å². The van der Waals surface area contributed by atoms with E-state index in [-0.39, 0.29) is 30.2 Å². The van der Waals surface area contributed by atoms with Crippen molar-refractivity contribution in [1.82, 2.24) is 0 Å². The number of hydrogen-bond acceptors (Lipinski definition) is 7. The lowest BCUT2D eigenvalue weighted by Crippen LogP contribution is -2.02. The Balaban J connectivity index is 1.77. The molecule has 0 atom stereocenters. The van der Waals surface area contributed by atoms with Gasteiger partial charge in [0, 0.05) is 5.56 Å². The van der Waals surface area contributed by atoms with E-state index in [1.165, 1.54) is 25.5 Å². The van der Waals surface area contributed by atoms with E-state index in [1.807, 2.05) is 30.3 Å². The molecular formula is C23H19N3O5. The molecule has 0 heterocycles. The first-order chi connectivity index (χ1) is 15.1. The number of nitro groups is 1. The summed E-state index contributed by atoms with van der Waals surface area (Å²) in [5, 5.41) is 24.5. The Morgan fingerprint density at radius 2 is 1.81 bits per heavy atom. The Bertz CT molecular complexity index is 1120. The van der Waals surface area contributed by atoms with E-state index in [4.69, 9.17) is 19.6 Å². The number of methoxy groups -OCH3 is 1. The number of oxime groups is 1. The van der Waals surface area contributed by atoms with Gasteiger partial charge in [-0.05, 0) is 17.7 Å². The Labute approximate surface area is 179 Å². The predicted molar refractivity (Wildman–Crippen MR) is 114 cm³/mol. The molecule has 8 heteroatoms. The minimum atomic E-state index is -0.527. The van der Waals surface area contributed by atoms with Crippen LogP contribution in [-0.2, 0) is 18.1 Å². The van der Waals surface area contributed by atoms with Gasteiger partial charge in [0.25, 0.3) is 5.69 Å². The van der Waals surface area contributed by atoms with Gasteiger partial charge in [-0.15, -0.1) is 0 Å². The van der Waals surface area contributed by atoms with Crippen LogP contribution in [0.1, 0.15) is 22.3 Å². The maximum atomic E-state index is 11.6. The number of nitrogens with zero attached hydrogens (tertiary/aromatic N) is 3. The van der Waals surface area contributed by atoms with Gasteiger partial charge in [-0.3, -0.25) is 10.1 Å². The number of hydrogen-bond donors (Lipinski definition) is 0. The van der Waals surface area contributed by atoms with Gasteiger partial charge in [-0.25, -0.2) is 0 Å². The maximum absolute atomic E-state index is 11.6. The smallest absolute Gasteiger partial charge is 0.282 e. The fourth-order valence-corrected chi connectivity index (χ4v) is 2.79. The fraction of sp³-hybridized carbons (Fsp3) is 0.130. The summed E-state index contributed by atoms with van der Waals surface area (Å²) in [4.78, 5) is 16.3. The third-order valence-electron chi connectivity index (χ3n) is 4.37. The number of nitro benzene ring substituents is 1. The third-order valence-corrected chi connectivity index (χ3v) is 4.37. The molecular weight excluding hydrogens is 398 g/mol. The van der Waals surface area contributed by atoms with Crippen molar-refractivity contribution in [1.29, 1.82) is 5.26 Å². The molecule has 0 saturated heterocycles. The van der Waals surface area contributed by atoms with Crippen LogP contribution < -0.4 is 9.47 Å². The molecule has 0 spiro atoms. The van der Waals surface area contributed by atoms with Crippen LogP contribution >= 0.6 is 0 Å². The zero-order chi connectivity index (χ0) is 22.1. The first kappa shape index (κ1) is 21.3. The van der Waals surface area contributed by atoms with Crippen molar-refractivity contribution in [3.05, 3.63) is 99.1 Å². The molecule has 0 bridgehead atoms. The fourth-order valence-electron chi connectivity index (χ4n) is 2.79. The van der Waals surface area contributed by atoms with Gasteiger partial charge in [0.2, 0.25) is 0 Å². The molecule has 8 nitrogen and oxygen atoms in total. The quantitative estimate of drug-likeness (QED) is 0.286. The summed E-state index contributed by atoms with van der Waals surface area (Å²) in [7, 11) is 1.45. The van der Waals surface area contributed by atoms with Gasteiger partial charge < -0.3 is 14.3 Å². The molecule has 0 amide bonds. The maximum Gasteiger partial charge on any atom is 0.282 e. The van der Waals surface area contributed by atoms with Crippen LogP contribution in [0, 0.1) is 21.4 Å². The Hall–Kier alpha value is -4.38. The van der Waals surface area contributed by atoms with Crippen molar-refractivity contribution >= 4 is 11.9 Å². The zero-order valence-corrected chi connectivity index (χ0v) is 16.7. The molecule has 0 aliphatic rings. The van der Waals surface area contributed by atoms with Gasteiger partial charge in [-0.2, -0.15) is 5.26 Å². The molecule has 31 heavy (non-hydrogen) atoms. The van der Waals surface area contributed by atoms with Gasteiger partial charge >= 0.3 is 0 Å². The van der Waals surface area contributed by atoms with Crippen LogP contribution in [0.5, 0.6) is 11.5 Å². The second-order valence-electron chi connectivity index (χ2n) is 6.37. The summed E-state index contributed by atoms with van der Waals surface area (Å²) in [5.74, 6) is 0.580. The first-order valence-corrected chi connectivity index (χ1v) is 9.29. The molecule has 3 aromatic carbocycles. The largest absolute Gasteiger partial charge is 0.493 e. The molecule has 0 fully saturated rings. The van der Waals surface area contributed by atoms with Crippen LogP contribution in [0.3, 0.4) is 0 Å². The number of rotatable bonds is 9. The summed E-state index contributed by atoms with van der Waals surface area (Å²) in [6, 6.07) is 21.2. The van der Waals surface area contributed by atoms with Gasteiger partial charge in [-0.1, -0.05) is 53.7 Å². The monoisotopic (exact) mass is 417 g/mol. The van der Waals surface area contributed by atoms with Gasteiger partial charge in [0.1, 0.15) is 13.2 Å². The van der Waals surface area contributed by atoms with Gasteiger partial charge in [0.15, 0.2) is 11.5 Å². The van der Waals surface area contributed by atoms with E-state index in [0.29, 0.717) is 16.9 Å². The molecule has 0 N–H and O–H groups in total. The summed E-state index contributed by atoms with van der Waals surface area (Å²) < 4.78 is 11.1.